The molecular formula is C27H27N3O3S. The summed E-state index contributed by atoms with van der Waals surface area (Å²) in [5.41, 5.74) is 5.19. The Hall–Kier alpha value is -3.08. The predicted octanol–water partition coefficient (Wildman–Crippen LogP) is 5.28. The van der Waals surface area contributed by atoms with E-state index in [1.165, 1.54) is 0 Å². The summed E-state index contributed by atoms with van der Waals surface area (Å²) in [5.74, 6) is 1.02. The first kappa shape index (κ1) is 22.7. The van der Waals surface area contributed by atoms with E-state index in [0.29, 0.717) is 24.5 Å². The van der Waals surface area contributed by atoms with Gasteiger partial charge < -0.3 is 9.47 Å². The smallest absolute Gasteiger partial charge is 0.148 e. The zero-order valence-corrected chi connectivity index (χ0v) is 20.2. The van der Waals surface area contributed by atoms with Crippen LogP contribution in [0.4, 0.5) is 0 Å². The molecule has 0 bridgehead atoms. The third kappa shape index (κ3) is 4.48. The maximum absolute atomic E-state index is 13.4. The molecule has 1 saturated carbocycles. The Kier molecular flexibility index (Phi) is 6.20. The highest BCUT2D eigenvalue weighted by molar-refractivity contribution is 7.07. The van der Waals surface area contributed by atoms with Crippen LogP contribution in [0.2, 0.25) is 0 Å². The molecule has 0 unspecified atom stereocenters. The third-order valence-corrected chi connectivity index (χ3v) is 7.47. The minimum absolute atomic E-state index is 0.00522. The van der Waals surface area contributed by atoms with Crippen LogP contribution in [0.25, 0.3) is 11.1 Å². The zero-order chi connectivity index (χ0) is 23.7. The average Bonchev–Trinajstić information content (AvgIpc) is 3.47. The van der Waals surface area contributed by atoms with Crippen LogP contribution in [0, 0.1) is 17.2 Å². The van der Waals surface area contributed by atoms with E-state index in [1.54, 1.807) is 17.5 Å². The van der Waals surface area contributed by atoms with Crippen LogP contribution >= 0.6 is 11.3 Å². The maximum atomic E-state index is 13.4. The fraction of sp³-hybridized carbons (Fsp3) is 0.407. The topological polar surface area (TPSA) is 85.1 Å². The number of ketones is 1. The van der Waals surface area contributed by atoms with E-state index in [-0.39, 0.29) is 23.7 Å². The van der Waals surface area contributed by atoms with Crippen molar-refractivity contribution >= 4 is 17.1 Å². The molecule has 0 N–H and O–H groups in total. The summed E-state index contributed by atoms with van der Waals surface area (Å²) >= 11 is 1.57. The molecule has 34 heavy (non-hydrogen) atoms. The monoisotopic (exact) mass is 473 g/mol. The molecule has 1 aliphatic carbocycles. The number of nitriles is 1. The second-order valence-electron chi connectivity index (χ2n) is 9.53. The zero-order valence-electron chi connectivity index (χ0n) is 19.4. The lowest BCUT2D eigenvalue weighted by molar-refractivity contribution is -0.125. The molecule has 2 aromatic heterocycles. The van der Waals surface area contributed by atoms with Crippen molar-refractivity contribution in [2.75, 3.05) is 13.2 Å². The maximum Gasteiger partial charge on any atom is 0.148 e. The molecular weight excluding hydrogens is 446 g/mol. The SMILES string of the molecule is CC(C)(C(=O)[C@H]1C[C@@H]1c1cscn1)c1cc(-c2ccc(OC3CCOCC3)c(C#N)c2)ccn1. The van der Waals surface area contributed by atoms with Crippen LogP contribution < -0.4 is 4.74 Å². The Labute approximate surface area is 203 Å². The fourth-order valence-electron chi connectivity index (χ4n) is 4.63. The Bertz CT molecular complexity index is 1230. The highest BCUT2D eigenvalue weighted by Crippen LogP contribution is 2.51. The van der Waals surface area contributed by atoms with E-state index < -0.39 is 5.41 Å². The molecule has 3 aromatic rings. The van der Waals surface area contributed by atoms with Gasteiger partial charge in [-0.15, -0.1) is 11.3 Å². The number of pyridine rings is 1. The number of nitrogens with zero attached hydrogens (tertiary/aromatic N) is 3. The highest BCUT2D eigenvalue weighted by Gasteiger charge is 2.50. The van der Waals surface area contributed by atoms with Crippen LogP contribution in [-0.4, -0.2) is 35.1 Å². The molecule has 5 rings (SSSR count). The number of hydrogen-bond acceptors (Lipinski definition) is 7. The molecule has 1 aromatic carbocycles. The van der Waals surface area contributed by atoms with Crippen molar-refractivity contribution in [3.05, 3.63) is 64.4 Å². The normalized spacial score (nSPS) is 20.5. The first-order chi connectivity index (χ1) is 16.5. The first-order valence-electron chi connectivity index (χ1n) is 11.6. The van der Waals surface area contributed by atoms with Gasteiger partial charge >= 0.3 is 0 Å². The summed E-state index contributed by atoms with van der Waals surface area (Å²) in [7, 11) is 0. The Morgan fingerprint density at radius 3 is 2.71 bits per heavy atom. The average molecular weight is 474 g/mol. The summed E-state index contributed by atoms with van der Waals surface area (Å²) in [6.45, 7) is 5.27. The van der Waals surface area contributed by atoms with Crippen molar-refractivity contribution in [3.8, 4) is 22.9 Å². The molecule has 2 fully saturated rings. The Morgan fingerprint density at radius 1 is 1.18 bits per heavy atom. The summed E-state index contributed by atoms with van der Waals surface area (Å²) in [6.07, 6.45) is 4.32. The molecule has 6 nitrogen and oxygen atoms in total. The third-order valence-electron chi connectivity index (χ3n) is 6.87. The number of Topliss-reactive ketones (excluding diaryl/α,β-unsaturated/α-hetero) is 1. The fourth-order valence-corrected chi connectivity index (χ4v) is 5.25. The summed E-state index contributed by atoms with van der Waals surface area (Å²) in [5, 5.41) is 11.8. The van der Waals surface area contributed by atoms with Gasteiger partial charge in [-0.2, -0.15) is 5.26 Å². The van der Waals surface area contributed by atoms with E-state index in [2.05, 4.69) is 16.0 Å². The van der Waals surface area contributed by atoms with E-state index in [4.69, 9.17) is 9.47 Å². The number of ether oxygens (including phenoxy) is 2. The van der Waals surface area contributed by atoms with Gasteiger partial charge in [0.2, 0.25) is 0 Å². The number of thiazole rings is 1. The van der Waals surface area contributed by atoms with Gasteiger partial charge in [-0.25, -0.2) is 4.98 Å². The van der Waals surface area contributed by atoms with Crippen molar-refractivity contribution in [2.24, 2.45) is 5.92 Å². The molecule has 1 aliphatic heterocycles. The summed E-state index contributed by atoms with van der Waals surface area (Å²) in [4.78, 5) is 22.3. The second kappa shape index (κ2) is 9.28. The van der Waals surface area contributed by atoms with Crippen molar-refractivity contribution in [3.63, 3.8) is 0 Å². The van der Waals surface area contributed by atoms with Gasteiger partial charge in [0, 0.05) is 36.3 Å². The van der Waals surface area contributed by atoms with Gasteiger partial charge in [-0.05, 0) is 55.7 Å². The van der Waals surface area contributed by atoms with Gasteiger partial charge in [-0.1, -0.05) is 6.07 Å². The van der Waals surface area contributed by atoms with Crippen molar-refractivity contribution in [1.29, 1.82) is 5.26 Å². The molecule has 3 heterocycles. The quantitative estimate of drug-likeness (QED) is 0.464. The van der Waals surface area contributed by atoms with Gasteiger partial charge in [-0.3, -0.25) is 9.78 Å². The molecule has 174 valence electrons. The number of hydrogen-bond donors (Lipinski definition) is 0. The molecule has 7 heteroatoms. The minimum Gasteiger partial charge on any atom is -0.489 e. The lowest BCUT2D eigenvalue weighted by atomic mass is 9.80. The van der Waals surface area contributed by atoms with E-state index in [9.17, 15) is 10.1 Å². The largest absolute Gasteiger partial charge is 0.489 e. The van der Waals surface area contributed by atoms with Crippen molar-refractivity contribution in [1.82, 2.24) is 9.97 Å². The lowest BCUT2D eigenvalue weighted by Crippen LogP contribution is -2.32. The van der Waals surface area contributed by atoms with Crippen LogP contribution in [-0.2, 0) is 14.9 Å². The van der Waals surface area contributed by atoms with Crippen LogP contribution in [0.15, 0.2) is 47.4 Å². The van der Waals surface area contributed by atoms with Crippen LogP contribution in [0.1, 0.15) is 56.0 Å². The van der Waals surface area contributed by atoms with Gasteiger partial charge in [0.05, 0.1) is 41.1 Å². The van der Waals surface area contributed by atoms with Gasteiger partial charge in [0.15, 0.2) is 0 Å². The highest BCUT2D eigenvalue weighted by atomic mass is 32.1. The number of aromatic nitrogens is 2. The van der Waals surface area contributed by atoms with Crippen LogP contribution in [0.3, 0.4) is 0 Å². The van der Waals surface area contributed by atoms with E-state index in [0.717, 1.165) is 41.8 Å². The van der Waals surface area contributed by atoms with Crippen molar-refractivity contribution in [2.45, 2.75) is 50.5 Å². The van der Waals surface area contributed by atoms with Crippen LogP contribution in [0.5, 0.6) is 5.75 Å². The van der Waals surface area contributed by atoms with Gasteiger partial charge in [0.25, 0.3) is 0 Å². The van der Waals surface area contributed by atoms with E-state index >= 15 is 0 Å². The van der Waals surface area contributed by atoms with Crippen molar-refractivity contribution < 1.29 is 14.3 Å². The molecule has 1 saturated heterocycles. The standard InChI is InChI=1S/C27H27N3O3S/c1-27(2,26(31)22-13-21(22)23-15-34-16-30-23)25-12-18(5-8-29-25)17-3-4-24(19(11-17)14-28)33-20-6-9-32-10-7-20/h3-5,8,11-12,15-16,20-22H,6-7,9-10,13H2,1-2H3/t21-,22-/m0/s1. The molecule has 0 radical (unpaired) electrons. The second-order valence-corrected chi connectivity index (χ2v) is 10.3. The minimum atomic E-state index is -0.713. The predicted molar refractivity (Wildman–Crippen MR) is 130 cm³/mol. The molecule has 0 amide bonds. The number of rotatable bonds is 7. The first-order valence-corrected chi connectivity index (χ1v) is 12.6. The summed E-state index contributed by atoms with van der Waals surface area (Å²) in [6, 6.07) is 11.8. The summed E-state index contributed by atoms with van der Waals surface area (Å²) < 4.78 is 11.5. The number of carbonyl (C=O) groups is 1. The van der Waals surface area contributed by atoms with E-state index in [1.807, 2.05) is 55.1 Å². The molecule has 2 aliphatic rings. The number of carbonyl (C=O) groups excluding carboxylic acids is 1. The molecule has 2 atom stereocenters. The Morgan fingerprint density at radius 2 is 1.97 bits per heavy atom. The molecule has 0 spiro atoms. The lowest BCUT2D eigenvalue weighted by Gasteiger charge is -2.24. The van der Waals surface area contributed by atoms with Gasteiger partial charge in [0.1, 0.15) is 23.7 Å². The number of benzene rings is 1. The Balaban J connectivity index is 1.36.